The molecule has 0 radical (unpaired) electrons. The molecule has 3 N–H and O–H groups in total. The molecule has 2 rings (SSSR count). The van der Waals surface area contributed by atoms with Crippen LogP contribution in [0.2, 0.25) is 0 Å². The second-order valence-corrected chi connectivity index (χ2v) is 5.36. The summed E-state index contributed by atoms with van der Waals surface area (Å²) < 4.78 is 0. The van der Waals surface area contributed by atoms with E-state index in [1.165, 1.54) is 0 Å². The second-order valence-electron chi connectivity index (χ2n) is 5.36. The Balaban J connectivity index is 1.91. The van der Waals surface area contributed by atoms with Gasteiger partial charge in [-0.1, -0.05) is 13.8 Å². The summed E-state index contributed by atoms with van der Waals surface area (Å²) in [6, 6.07) is 7.08. The molecule has 0 aromatic heterocycles. The third-order valence-electron chi connectivity index (χ3n) is 3.32. The summed E-state index contributed by atoms with van der Waals surface area (Å²) in [6.07, 6.45) is 1.92. The highest BCUT2D eigenvalue weighted by atomic mass is 16.2. The van der Waals surface area contributed by atoms with E-state index in [0.717, 1.165) is 30.8 Å². The minimum absolute atomic E-state index is 0.00136. The molecule has 1 atom stereocenters. The lowest BCUT2D eigenvalue weighted by molar-refractivity contribution is -0.119. The molecule has 1 aromatic rings. The SMILES string of the molecule is CC(C)C(=O)Nc1ccc(NC(=O)C2CCCN2)cc1. The molecule has 1 aliphatic rings. The highest BCUT2D eigenvalue weighted by Crippen LogP contribution is 2.15. The molecule has 1 unspecified atom stereocenters. The van der Waals surface area contributed by atoms with E-state index in [9.17, 15) is 9.59 Å². The van der Waals surface area contributed by atoms with Crippen LogP contribution < -0.4 is 16.0 Å². The molecular weight excluding hydrogens is 254 g/mol. The summed E-state index contributed by atoms with van der Waals surface area (Å²) in [5.41, 5.74) is 1.48. The summed E-state index contributed by atoms with van der Waals surface area (Å²) in [4.78, 5) is 23.5. The van der Waals surface area contributed by atoms with Gasteiger partial charge in [-0.3, -0.25) is 9.59 Å². The van der Waals surface area contributed by atoms with Gasteiger partial charge < -0.3 is 16.0 Å². The van der Waals surface area contributed by atoms with E-state index < -0.39 is 0 Å². The first kappa shape index (κ1) is 14.5. The molecule has 0 bridgehead atoms. The quantitative estimate of drug-likeness (QED) is 0.787. The van der Waals surface area contributed by atoms with Crippen molar-refractivity contribution < 1.29 is 9.59 Å². The van der Waals surface area contributed by atoms with Crippen molar-refractivity contribution in [2.24, 2.45) is 5.92 Å². The maximum absolute atomic E-state index is 11.9. The zero-order valence-corrected chi connectivity index (χ0v) is 11.9. The normalized spacial score (nSPS) is 18.1. The number of carbonyl (C=O) groups excluding carboxylic acids is 2. The number of amides is 2. The van der Waals surface area contributed by atoms with Crippen LogP contribution in [0.1, 0.15) is 26.7 Å². The van der Waals surface area contributed by atoms with Crippen molar-refractivity contribution in [3.63, 3.8) is 0 Å². The first-order chi connectivity index (χ1) is 9.56. The standard InChI is InChI=1S/C15H21N3O2/c1-10(2)14(19)17-11-5-7-12(8-6-11)18-15(20)13-4-3-9-16-13/h5-8,10,13,16H,3-4,9H2,1-2H3,(H,17,19)(H,18,20). The largest absolute Gasteiger partial charge is 0.326 e. The van der Waals surface area contributed by atoms with Gasteiger partial charge in [0.05, 0.1) is 6.04 Å². The first-order valence-electron chi connectivity index (χ1n) is 7.01. The number of nitrogens with one attached hydrogen (secondary N) is 3. The fraction of sp³-hybridized carbons (Fsp3) is 0.467. The van der Waals surface area contributed by atoms with Crippen LogP contribution in [-0.4, -0.2) is 24.4 Å². The summed E-state index contributed by atoms with van der Waals surface area (Å²) in [5.74, 6) is -0.0683. The lowest BCUT2D eigenvalue weighted by atomic mass is 10.2. The van der Waals surface area contributed by atoms with Crippen molar-refractivity contribution in [3.05, 3.63) is 24.3 Å². The first-order valence-corrected chi connectivity index (χ1v) is 7.01. The van der Waals surface area contributed by atoms with Gasteiger partial charge in [-0.05, 0) is 43.7 Å². The van der Waals surface area contributed by atoms with Crippen molar-refractivity contribution >= 4 is 23.2 Å². The molecule has 0 spiro atoms. The van der Waals surface area contributed by atoms with E-state index in [0.29, 0.717) is 0 Å². The number of rotatable bonds is 4. The van der Waals surface area contributed by atoms with Crippen molar-refractivity contribution in [3.8, 4) is 0 Å². The van der Waals surface area contributed by atoms with Crippen molar-refractivity contribution in [1.82, 2.24) is 5.32 Å². The molecule has 1 saturated heterocycles. The third kappa shape index (κ3) is 3.81. The Kier molecular flexibility index (Phi) is 4.74. The van der Waals surface area contributed by atoms with Gasteiger partial charge in [0.15, 0.2) is 0 Å². The van der Waals surface area contributed by atoms with E-state index >= 15 is 0 Å². The lowest BCUT2D eigenvalue weighted by Crippen LogP contribution is -2.35. The van der Waals surface area contributed by atoms with E-state index in [-0.39, 0.29) is 23.8 Å². The molecular formula is C15H21N3O2. The van der Waals surface area contributed by atoms with E-state index in [1.807, 2.05) is 13.8 Å². The topological polar surface area (TPSA) is 70.2 Å². The molecule has 1 aliphatic heterocycles. The summed E-state index contributed by atoms with van der Waals surface area (Å²) in [7, 11) is 0. The van der Waals surface area contributed by atoms with Gasteiger partial charge in [0.2, 0.25) is 11.8 Å². The van der Waals surface area contributed by atoms with Gasteiger partial charge in [0, 0.05) is 17.3 Å². The average molecular weight is 275 g/mol. The van der Waals surface area contributed by atoms with Gasteiger partial charge in [0.25, 0.3) is 0 Å². The molecule has 1 fully saturated rings. The Labute approximate surface area is 119 Å². The maximum Gasteiger partial charge on any atom is 0.241 e. The second kappa shape index (κ2) is 6.52. The highest BCUT2D eigenvalue weighted by molar-refractivity contribution is 5.96. The number of benzene rings is 1. The Morgan fingerprint density at radius 2 is 1.75 bits per heavy atom. The fourth-order valence-corrected chi connectivity index (χ4v) is 2.06. The zero-order valence-electron chi connectivity index (χ0n) is 11.9. The van der Waals surface area contributed by atoms with Gasteiger partial charge in [0.1, 0.15) is 0 Å². The summed E-state index contributed by atoms with van der Waals surface area (Å²) in [5, 5.41) is 8.84. The monoisotopic (exact) mass is 275 g/mol. The van der Waals surface area contributed by atoms with Crippen LogP contribution >= 0.6 is 0 Å². The van der Waals surface area contributed by atoms with E-state index in [4.69, 9.17) is 0 Å². The van der Waals surface area contributed by atoms with Crippen LogP contribution in [0.15, 0.2) is 24.3 Å². The van der Waals surface area contributed by atoms with Crippen LogP contribution in [0.3, 0.4) is 0 Å². The number of anilines is 2. The molecule has 0 aliphatic carbocycles. The van der Waals surface area contributed by atoms with Crippen LogP contribution in [0.25, 0.3) is 0 Å². The van der Waals surface area contributed by atoms with Crippen molar-refractivity contribution in [2.45, 2.75) is 32.7 Å². The van der Waals surface area contributed by atoms with E-state index in [1.54, 1.807) is 24.3 Å². The van der Waals surface area contributed by atoms with Crippen molar-refractivity contribution in [1.29, 1.82) is 0 Å². The third-order valence-corrected chi connectivity index (χ3v) is 3.32. The van der Waals surface area contributed by atoms with Gasteiger partial charge in [-0.25, -0.2) is 0 Å². The molecule has 2 amide bonds. The van der Waals surface area contributed by atoms with Crippen LogP contribution in [-0.2, 0) is 9.59 Å². The molecule has 1 aromatic carbocycles. The van der Waals surface area contributed by atoms with Gasteiger partial charge in [-0.2, -0.15) is 0 Å². The van der Waals surface area contributed by atoms with Gasteiger partial charge >= 0.3 is 0 Å². The van der Waals surface area contributed by atoms with E-state index in [2.05, 4.69) is 16.0 Å². The lowest BCUT2D eigenvalue weighted by Gasteiger charge is -2.12. The van der Waals surface area contributed by atoms with Crippen LogP contribution in [0, 0.1) is 5.92 Å². The highest BCUT2D eigenvalue weighted by Gasteiger charge is 2.21. The average Bonchev–Trinajstić information content (AvgIpc) is 2.95. The Hall–Kier alpha value is -1.88. The van der Waals surface area contributed by atoms with Crippen molar-refractivity contribution in [2.75, 3.05) is 17.2 Å². The molecule has 1 heterocycles. The Bertz CT molecular complexity index is 476. The van der Waals surface area contributed by atoms with Crippen LogP contribution in [0.5, 0.6) is 0 Å². The zero-order chi connectivity index (χ0) is 14.5. The number of hydrogen-bond acceptors (Lipinski definition) is 3. The predicted octanol–water partition coefficient (Wildman–Crippen LogP) is 1.97. The summed E-state index contributed by atoms with van der Waals surface area (Å²) >= 11 is 0. The Morgan fingerprint density at radius 1 is 1.15 bits per heavy atom. The number of carbonyl (C=O) groups is 2. The van der Waals surface area contributed by atoms with Crippen LogP contribution in [0.4, 0.5) is 11.4 Å². The molecule has 108 valence electrons. The molecule has 0 saturated carbocycles. The maximum atomic E-state index is 11.9. The van der Waals surface area contributed by atoms with Gasteiger partial charge in [-0.15, -0.1) is 0 Å². The molecule has 5 nitrogen and oxygen atoms in total. The smallest absolute Gasteiger partial charge is 0.241 e. The summed E-state index contributed by atoms with van der Waals surface area (Å²) in [6.45, 7) is 4.59. The minimum atomic E-state index is -0.0877. The minimum Gasteiger partial charge on any atom is -0.326 e. The molecule has 20 heavy (non-hydrogen) atoms. The fourth-order valence-electron chi connectivity index (χ4n) is 2.06. The predicted molar refractivity (Wildman–Crippen MR) is 79.6 cm³/mol. The number of hydrogen-bond donors (Lipinski definition) is 3. The molecule has 5 heteroatoms. The Morgan fingerprint density at radius 3 is 2.25 bits per heavy atom.